The Balaban J connectivity index is 2.13. The Morgan fingerprint density at radius 1 is 1.14 bits per heavy atom. The maximum Gasteiger partial charge on any atom is 0.123 e. The fraction of sp³-hybridized carbons (Fsp3) is 0.294. The molecule has 0 spiro atoms. The van der Waals surface area contributed by atoms with E-state index < -0.39 is 0 Å². The van der Waals surface area contributed by atoms with E-state index in [2.05, 4.69) is 25.2 Å². The van der Waals surface area contributed by atoms with Crippen molar-refractivity contribution >= 4 is 23.2 Å². The summed E-state index contributed by atoms with van der Waals surface area (Å²) in [4.78, 5) is 0. The third-order valence-corrected chi connectivity index (χ3v) is 4.06. The first-order valence-electron chi connectivity index (χ1n) is 6.83. The van der Waals surface area contributed by atoms with Gasteiger partial charge in [0.1, 0.15) is 5.75 Å². The van der Waals surface area contributed by atoms with Crippen LogP contribution in [0.3, 0.4) is 0 Å². The predicted octanol–water partition coefficient (Wildman–Crippen LogP) is 5.16. The summed E-state index contributed by atoms with van der Waals surface area (Å²) in [5.74, 6) is 0.887. The molecule has 0 aromatic heterocycles. The Morgan fingerprint density at radius 2 is 1.90 bits per heavy atom. The van der Waals surface area contributed by atoms with Gasteiger partial charge in [0, 0.05) is 28.2 Å². The summed E-state index contributed by atoms with van der Waals surface area (Å²) in [5, 5.41) is 4.87. The first-order valence-corrected chi connectivity index (χ1v) is 7.58. The second-order valence-corrected chi connectivity index (χ2v) is 5.93. The summed E-state index contributed by atoms with van der Waals surface area (Å²) in [6, 6.07) is 11.8. The van der Waals surface area contributed by atoms with E-state index in [1.54, 1.807) is 13.2 Å². The molecule has 2 aromatic rings. The van der Waals surface area contributed by atoms with E-state index in [1.807, 2.05) is 24.3 Å². The molecule has 0 saturated carbocycles. The summed E-state index contributed by atoms with van der Waals surface area (Å²) < 4.78 is 5.43. The number of methoxy groups -OCH3 is 1. The van der Waals surface area contributed by atoms with Gasteiger partial charge in [-0.3, -0.25) is 0 Å². The highest BCUT2D eigenvalue weighted by Crippen LogP contribution is 2.27. The first kappa shape index (κ1) is 16.2. The predicted molar refractivity (Wildman–Crippen MR) is 89.4 cm³/mol. The molecule has 2 rings (SSSR count). The highest BCUT2D eigenvalue weighted by molar-refractivity contribution is 6.33. The average Bonchev–Trinajstić information content (AvgIpc) is 2.47. The van der Waals surface area contributed by atoms with E-state index in [0.717, 1.165) is 21.9 Å². The number of benzene rings is 2. The van der Waals surface area contributed by atoms with E-state index in [9.17, 15) is 0 Å². The molecule has 2 aromatic carbocycles. The van der Waals surface area contributed by atoms with Crippen LogP contribution in [-0.4, -0.2) is 7.11 Å². The van der Waals surface area contributed by atoms with E-state index in [1.165, 1.54) is 5.56 Å². The normalized spacial score (nSPS) is 12.2. The molecule has 0 bridgehead atoms. The molecule has 1 N–H and O–H groups in total. The van der Waals surface area contributed by atoms with E-state index in [0.29, 0.717) is 11.6 Å². The second kappa shape index (κ2) is 7.17. The Morgan fingerprint density at radius 3 is 2.62 bits per heavy atom. The second-order valence-electron chi connectivity index (χ2n) is 5.08. The molecule has 0 fully saturated rings. The number of hydrogen-bond donors (Lipinski definition) is 1. The molecular weight excluding hydrogens is 305 g/mol. The van der Waals surface area contributed by atoms with Crippen molar-refractivity contribution in [2.75, 3.05) is 7.11 Å². The Hall–Kier alpha value is -1.22. The lowest BCUT2D eigenvalue weighted by Crippen LogP contribution is -2.19. The molecule has 0 heterocycles. The van der Waals surface area contributed by atoms with Crippen molar-refractivity contribution in [3.8, 4) is 5.75 Å². The van der Waals surface area contributed by atoms with Crippen LogP contribution in [0.25, 0.3) is 0 Å². The number of halogens is 2. The van der Waals surface area contributed by atoms with Gasteiger partial charge in [-0.25, -0.2) is 0 Å². The van der Waals surface area contributed by atoms with E-state index in [4.69, 9.17) is 27.9 Å². The zero-order chi connectivity index (χ0) is 15.4. The number of aryl methyl sites for hydroxylation is 1. The van der Waals surface area contributed by atoms with Crippen molar-refractivity contribution in [1.82, 2.24) is 5.32 Å². The SMILES string of the molecule is COc1ccc(C)cc1C(C)NCc1cc(Cl)ccc1Cl. The van der Waals surface area contributed by atoms with Gasteiger partial charge in [-0.15, -0.1) is 0 Å². The van der Waals surface area contributed by atoms with Gasteiger partial charge in [-0.2, -0.15) is 0 Å². The van der Waals surface area contributed by atoms with Crippen LogP contribution >= 0.6 is 23.2 Å². The number of hydrogen-bond acceptors (Lipinski definition) is 2. The maximum atomic E-state index is 6.19. The first-order chi connectivity index (χ1) is 10.0. The van der Waals surface area contributed by atoms with Gasteiger partial charge in [0.2, 0.25) is 0 Å². The zero-order valence-corrected chi connectivity index (χ0v) is 13.9. The molecule has 4 heteroatoms. The van der Waals surface area contributed by atoms with Gasteiger partial charge in [0.25, 0.3) is 0 Å². The van der Waals surface area contributed by atoms with Gasteiger partial charge in [0.05, 0.1) is 7.11 Å². The van der Waals surface area contributed by atoms with Gasteiger partial charge < -0.3 is 10.1 Å². The lowest BCUT2D eigenvalue weighted by Gasteiger charge is -2.18. The molecule has 1 atom stereocenters. The average molecular weight is 324 g/mol. The lowest BCUT2D eigenvalue weighted by molar-refractivity contribution is 0.401. The van der Waals surface area contributed by atoms with Crippen molar-refractivity contribution in [1.29, 1.82) is 0 Å². The molecule has 112 valence electrons. The van der Waals surface area contributed by atoms with E-state index in [-0.39, 0.29) is 6.04 Å². The topological polar surface area (TPSA) is 21.3 Å². The van der Waals surface area contributed by atoms with Crippen molar-refractivity contribution in [3.63, 3.8) is 0 Å². The minimum Gasteiger partial charge on any atom is -0.496 e. The summed E-state index contributed by atoms with van der Waals surface area (Å²) in [6.45, 7) is 4.83. The van der Waals surface area contributed by atoms with Crippen molar-refractivity contribution in [3.05, 3.63) is 63.1 Å². The number of ether oxygens (including phenoxy) is 1. The van der Waals surface area contributed by atoms with Crippen LogP contribution in [0.5, 0.6) is 5.75 Å². The largest absolute Gasteiger partial charge is 0.496 e. The molecule has 0 saturated heterocycles. The molecular formula is C17H19Cl2NO. The summed E-state index contributed by atoms with van der Waals surface area (Å²) in [5.41, 5.74) is 3.33. The third kappa shape index (κ3) is 4.13. The molecule has 0 aliphatic carbocycles. The highest BCUT2D eigenvalue weighted by atomic mass is 35.5. The van der Waals surface area contributed by atoms with Crippen LogP contribution in [-0.2, 0) is 6.54 Å². The molecule has 0 amide bonds. The Kier molecular flexibility index (Phi) is 5.51. The smallest absolute Gasteiger partial charge is 0.123 e. The monoisotopic (exact) mass is 323 g/mol. The molecule has 1 unspecified atom stereocenters. The van der Waals surface area contributed by atoms with Crippen LogP contribution in [0.2, 0.25) is 10.0 Å². The van der Waals surface area contributed by atoms with Crippen molar-refractivity contribution < 1.29 is 4.74 Å². The van der Waals surface area contributed by atoms with Gasteiger partial charge in [-0.1, -0.05) is 40.9 Å². The van der Waals surface area contributed by atoms with Gasteiger partial charge >= 0.3 is 0 Å². The fourth-order valence-electron chi connectivity index (χ4n) is 2.24. The lowest BCUT2D eigenvalue weighted by atomic mass is 10.0. The molecule has 0 aliphatic rings. The molecule has 21 heavy (non-hydrogen) atoms. The Labute approximate surface area is 136 Å². The fourth-order valence-corrected chi connectivity index (χ4v) is 2.62. The van der Waals surface area contributed by atoms with Gasteiger partial charge in [0.15, 0.2) is 0 Å². The Bertz CT molecular complexity index is 628. The van der Waals surface area contributed by atoms with Crippen LogP contribution < -0.4 is 10.1 Å². The van der Waals surface area contributed by atoms with Gasteiger partial charge in [-0.05, 0) is 43.7 Å². The third-order valence-electron chi connectivity index (χ3n) is 3.46. The van der Waals surface area contributed by atoms with Crippen LogP contribution in [0, 0.1) is 6.92 Å². The summed E-state index contributed by atoms with van der Waals surface area (Å²) in [7, 11) is 1.69. The van der Waals surface area contributed by atoms with Crippen LogP contribution in [0.4, 0.5) is 0 Å². The quantitative estimate of drug-likeness (QED) is 0.820. The van der Waals surface area contributed by atoms with E-state index >= 15 is 0 Å². The van der Waals surface area contributed by atoms with Crippen molar-refractivity contribution in [2.24, 2.45) is 0 Å². The maximum absolute atomic E-state index is 6.19. The zero-order valence-electron chi connectivity index (χ0n) is 12.4. The standard InChI is InChI=1S/C17H19Cl2NO/c1-11-4-7-17(21-3)15(8-11)12(2)20-10-13-9-14(18)5-6-16(13)19/h4-9,12,20H,10H2,1-3H3. The summed E-state index contributed by atoms with van der Waals surface area (Å²) >= 11 is 12.2. The minimum atomic E-state index is 0.148. The molecule has 0 radical (unpaired) electrons. The molecule has 2 nitrogen and oxygen atoms in total. The molecule has 0 aliphatic heterocycles. The van der Waals surface area contributed by atoms with Crippen LogP contribution in [0.15, 0.2) is 36.4 Å². The number of rotatable bonds is 5. The summed E-state index contributed by atoms with van der Waals surface area (Å²) in [6.07, 6.45) is 0. The van der Waals surface area contributed by atoms with Crippen molar-refractivity contribution in [2.45, 2.75) is 26.4 Å². The van der Waals surface area contributed by atoms with Crippen LogP contribution in [0.1, 0.15) is 29.7 Å². The number of nitrogens with one attached hydrogen (secondary N) is 1. The minimum absolute atomic E-state index is 0.148. The highest BCUT2D eigenvalue weighted by Gasteiger charge is 2.12.